The van der Waals surface area contributed by atoms with Crippen LogP contribution < -0.4 is 0 Å². The normalized spacial score (nSPS) is 11.9. The number of ether oxygens (including phenoxy) is 1. The van der Waals surface area contributed by atoms with Crippen LogP contribution in [0.2, 0.25) is 0 Å². The van der Waals surface area contributed by atoms with Gasteiger partial charge in [0.2, 0.25) is 0 Å². The van der Waals surface area contributed by atoms with Gasteiger partial charge in [-0.15, -0.1) is 11.8 Å². The highest BCUT2D eigenvalue weighted by Gasteiger charge is 2.23. The molecule has 104 valence electrons. The third-order valence-corrected chi connectivity index (χ3v) is 4.12. The van der Waals surface area contributed by atoms with Crippen molar-refractivity contribution in [3.05, 3.63) is 65.7 Å². The van der Waals surface area contributed by atoms with Crippen molar-refractivity contribution >= 4 is 17.7 Å². The molecule has 0 saturated carbocycles. The molecule has 0 amide bonds. The van der Waals surface area contributed by atoms with Gasteiger partial charge in [-0.1, -0.05) is 48.0 Å². The minimum atomic E-state index is -0.321. The Morgan fingerprint density at radius 2 is 1.75 bits per heavy atom. The van der Waals surface area contributed by atoms with E-state index >= 15 is 0 Å². The highest BCUT2D eigenvalue weighted by molar-refractivity contribution is 8.00. The summed E-state index contributed by atoms with van der Waals surface area (Å²) in [7, 11) is 0. The van der Waals surface area contributed by atoms with Crippen LogP contribution in [-0.2, 0) is 9.53 Å². The van der Waals surface area contributed by atoms with E-state index in [-0.39, 0.29) is 11.2 Å². The van der Waals surface area contributed by atoms with Gasteiger partial charge in [0.1, 0.15) is 5.25 Å². The second-order valence-corrected chi connectivity index (χ2v) is 5.65. The van der Waals surface area contributed by atoms with Gasteiger partial charge >= 0.3 is 5.97 Å². The van der Waals surface area contributed by atoms with Gasteiger partial charge in [-0.3, -0.25) is 4.79 Å². The van der Waals surface area contributed by atoms with Gasteiger partial charge in [0.15, 0.2) is 0 Å². The molecule has 3 heteroatoms. The van der Waals surface area contributed by atoms with Crippen LogP contribution in [0.4, 0.5) is 0 Å². The maximum atomic E-state index is 12.2. The molecule has 0 N–H and O–H groups in total. The van der Waals surface area contributed by atoms with Crippen LogP contribution in [0.25, 0.3) is 0 Å². The number of carbonyl (C=O) groups excluding carboxylic acids is 1. The SMILES string of the molecule is CCOC(=O)C(Sc1ccc(C)cc1)c1ccccc1. The Hall–Kier alpha value is -1.74. The molecule has 20 heavy (non-hydrogen) atoms. The van der Waals surface area contributed by atoms with E-state index in [4.69, 9.17) is 4.74 Å². The fourth-order valence-corrected chi connectivity index (χ4v) is 2.87. The third-order valence-electron chi connectivity index (χ3n) is 2.88. The van der Waals surface area contributed by atoms with Crippen LogP contribution in [-0.4, -0.2) is 12.6 Å². The van der Waals surface area contributed by atoms with Crippen LogP contribution in [0.3, 0.4) is 0 Å². The average Bonchev–Trinajstić information content (AvgIpc) is 2.48. The van der Waals surface area contributed by atoms with Crippen molar-refractivity contribution in [1.29, 1.82) is 0 Å². The fraction of sp³-hybridized carbons (Fsp3) is 0.235. The summed E-state index contributed by atoms with van der Waals surface area (Å²) in [5.41, 5.74) is 2.18. The molecule has 0 bridgehead atoms. The van der Waals surface area contributed by atoms with Crippen LogP contribution >= 0.6 is 11.8 Å². The molecule has 0 radical (unpaired) electrons. The summed E-state index contributed by atoms with van der Waals surface area (Å²) in [6, 6.07) is 17.9. The summed E-state index contributed by atoms with van der Waals surface area (Å²) in [5.74, 6) is -0.190. The molecule has 0 spiro atoms. The third kappa shape index (κ3) is 3.87. The number of hydrogen-bond donors (Lipinski definition) is 0. The molecule has 0 heterocycles. The molecule has 0 aromatic heterocycles. The Bertz CT molecular complexity index is 549. The van der Waals surface area contributed by atoms with Crippen molar-refractivity contribution in [2.75, 3.05) is 6.61 Å². The lowest BCUT2D eigenvalue weighted by Gasteiger charge is -2.15. The van der Waals surface area contributed by atoms with E-state index in [2.05, 4.69) is 19.1 Å². The molecule has 1 atom stereocenters. The lowest BCUT2D eigenvalue weighted by Crippen LogP contribution is -2.13. The molecule has 2 aromatic carbocycles. The molecular weight excluding hydrogens is 268 g/mol. The number of thioether (sulfide) groups is 1. The second kappa shape index (κ2) is 7.15. The number of carbonyl (C=O) groups is 1. The van der Waals surface area contributed by atoms with E-state index in [0.717, 1.165) is 10.5 Å². The number of esters is 1. The first kappa shape index (κ1) is 14.7. The van der Waals surface area contributed by atoms with E-state index in [1.165, 1.54) is 17.3 Å². The first-order valence-electron chi connectivity index (χ1n) is 6.65. The second-order valence-electron chi connectivity index (χ2n) is 4.47. The fourth-order valence-electron chi connectivity index (χ4n) is 1.85. The Morgan fingerprint density at radius 3 is 2.35 bits per heavy atom. The molecule has 0 aliphatic rings. The number of hydrogen-bond acceptors (Lipinski definition) is 3. The maximum absolute atomic E-state index is 12.2. The van der Waals surface area contributed by atoms with Crippen molar-refractivity contribution in [3.63, 3.8) is 0 Å². The van der Waals surface area contributed by atoms with Gasteiger partial charge in [0, 0.05) is 4.90 Å². The van der Waals surface area contributed by atoms with Crippen LogP contribution in [0, 0.1) is 6.92 Å². The maximum Gasteiger partial charge on any atom is 0.323 e. The van der Waals surface area contributed by atoms with Gasteiger partial charge < -0.3 is 4.74 Å². The van der Waals surface area contributed by atoms with E-state index in [1.807, 2.05) is 49.4 Å². The lowest BCUT2D eigenvalue weighted by atomic mass is 10.1. The average molecular weight is 286 g/mol. The van der Waals surface area contributed by atoms with E-state index < -0.39 is 0 Å². The summed E-state index contributed by atoms with van der Waals surface area (Å²) < 4.78 is 5.19. The van der Waals surface area contributed by atoms with E-state index in [9.17, 15) is 4.79 Å². The highest BCUT2D eigenvalue weighted by atomic mass is 32.2. The Labute approximate surface area is 124 Å². The molecule has 0 aliphatic carbocycles. The first-order chi connectivity index (χ1) is 9.70. The van der Waals surface area contributed by atoms with E-state index in [1.54, 1.807) is 0 Å². The molecule has 0 saturated heterocycles. The monoisotopic (exact) mass is 286 g/mol. The van der Waals surface area contributed by atoms with Gasteiger partial charge in [-0.25, -0.2) is 0 Å². The summed E-state index contributed by atoms with van der Waals surface area (Å²) in [6.45, 7) is 4.28. The summed E-state index contributed by atoms with van der Waals surface area (Å²) in [5, 5.41) is -0.321. The zero-order chi connectivity index (χ0) is 14.4. The molecule has 0 aliphatic heterocycles. The topological polar surface area (TPSA) is 26.3 Å². The number of benzene rings is 2. The lowest BCUT2D eigenvalue weighted by molar-refractivity contribution is -0.142. The van der Waals surface area contributed by atoms with Crippen LogP contribution in [0.15, 0.2) is 59.5 Å². The molecule has 2 aromatic rings. The van der Waals surface area contributed by atoms with Crippen molar-refractivity contribution in [3.8, 4) is 0 Å². The van der Waals surface area contributed by atoms with Crippen molar-refractivity contribution in [2.24, 2.45) is 0 Å². The Balaban J connectivity index is 2.23. The molecule has 2 nitrogen and oxygen atoms in total. The zero-order valence-corrected chi connectivity index (χ0v) is 12.5. The summed E-state index contributed by atoms with van der Waals surface area (Å²) >= 11 is 1.52. The quantitative estimate of drug-likeness (QED) is 0.602. The number of rotatable bonds is 5. The van der Waals surface area contributed by atoms with Crippen LogP contribution in [0.1, 0.15) is 23.3 Å². The predicted molar refractivity (Wildman–Crippen MR) is 82.9 cm³/mol. The molecule has 1 unspecified atom stereocenters. The van der Waals surface area contributed by atoms with Gasteiger partial charge in [0.25, 0.3) is 0 Å². The Morgan fingerprint density at radius 1 is 1.10 bits per heavy atom. The van der Waals surface area contributed by atoms with Crippen LogP contribution in [0.5, 0.6) is 0 Å². The van der Waals surface area contributed by atoms with Gasteiger partial charge in [-0.2, -0.15) is 0 Å². The van der Waals surface area contributed by atoms with Crippen molar-refractivity contribution < 1.29 is 9.53 Å². The van der Waals surface area contributed by atoms with Crippen molar-refractivity contribution in [1.82, 2.24) is 0 Å². The summed E-state index contributed by atoms with van der Waals surface area (Å²) in [6.07, 6.45) is 0. The standard InChI is InChI=1S/C17H18O2S/c1-3-19-17(18)16(14-7-5-4-6-8-14)20-15-11-9-13(2)10-12-15/h4-12,16H,3H2,1-2H3. The zero-order valence-electron chi connectivity index (χ0n) is 11.7. The molecule has 2 rings (SSSR count). The van der Waals surface area contributed by atoms with Gasteiger partial charge in [-0.05, 0) is 31.5 Å². The molecule has 0 fully saturated rings. The minimum Gasteiger partial charge on any atom is -0.465 e. The molecular formula is C17H18O2S. The minimum absolute atomic E-state index is 0.190. The van der Waals surface area contributed by atoms with Crippen molar-refractivity contribution in [2.45, 2.75) is 24.0 Å². The largest absolute Gasteiger partial charge is 0.465 e. The first-order valence-corrected chi connectivity index (χ1v) is 7.53. The summed E-state index contributed by atoms with van der Waals surface area (Å²) in [4.78, 5) is 13.2. The Kier molecular flexibility index (Phi) is 5.24. The number of aryl methyl sites for hydroxylation is 1. The predicted octanol–water partition coefficient (Wildman–Crippen LogP) is 4.39. The van der Waals surface area contributed by atoms with E-state index in [0.29, 0.717) is 6.61 Å². The highest BCUT2D eigenvalue weighted by Crippen LogP contribution is 2.36. The smallest absolute Gasteiger partial charge is 0.323 e. The van der Waals surface area contributed by atoms with Gasteiger partial charge in [0.05, 0.1) is 6.61 Å².